The Kier molecular flexibility index (Phi) is 11.5. The topological polar surface area (TPSA) is 87.6 Å². The number of aromatic nitrogens is 2. The zero-order valence-electron chi connectivity index (χ0n) is 19.4. The molecule has 0 fully saturated rings. The van der Waals surface area contributed by atoms with Gasteiger partial charge in [-0.15, -0.1) is 0 Å². The van der Waals surface area contributed by atoms with Crippen molar-refractivity contribution in [3.63, 3.8) is 0 Å². The van der Waals surface area contributed by atoms with Gasteiger partial charge in [-0.2, -0.15) is 0 Å². The van der Waals surface area contributed by atoms with E-state index in [0.29, 0.717) is 19.8 Å². The molecule has 0 amide bonds. The second-order valence-electron chi connectivity index (χ2n) is 7.48. The number of ether oxygens (including phenoxy) is 2. The molecule has 0 atom stereocenters. The van der Waals surface area contributed by atoms with Crippen LogP contribution < -0.4 is 39.6 Å². The van der Waals surface area contributed by atoms with Crippen molar-refractivity contribution in [1.82, 2.24) is 9.97 Å². The zero-order chi connectivity index (χ0) is 22.8. The Balaban J connectivity index is 0.00000385. The van der Waals surface area contributed by atoms with E-state index in [1.807, 2.05) is 60.7 Å². The van der Waals surface area contributed by atoms with Crippen LogP contribution in [0.15, 0.2) is 66.9 Å². The van der Waals surface area contributed by atoms with E-state index in [-0.39, 0.29) is 42.2 Å². The molecule has 1 heterocycles. The summed E-state index contributed by atoms with van der Waals surface area (Å²) >= 11 is 0. The standard InChI is InChI=1S/C25H29N3O4.Na/c1-19(2)28(13-14-31-15-16-32-18-23(29)30)22-17-26-24(20-9-5-3-6-10-20)25(27-22)21-11-7-4-8-12-21;/h3-12,17,19H,13-16,18H2,1-2H3,(H,29,30);/q;+1/p-1. The molecule has 2 aromatic carbocycles. The van der Waals surface area contributed by atoms with Gasteiger partial charge in [-0.1, -0.05) is 60.7 Å². The molecule has 0 N–H and O–H groups in total. The van der Waals surface area contributed by atoms with Crippen LogP contribution in [-0.2, 0) is 14.3 Å². The second kappa shape index (κ2) is 14.1. The summed E-state index contributed by atoms with van der Waals surface area (Å²) in [6, 6.07) is 20.3. The fourth-order valence-electron chi connectivity index (χ4n) is 3.30. The number of aliphatic carboxylic acids is 1. The zero-order valence-corrected chi connectivity index (χ0v) is 21.4. The van der Waals surface area contributed by atoms with Crippen molar-refractivity contribution in [3.05, 3.63) is 66.9 Å². The van der Waals surface area contributed by atoms with Gasteiger partial charge in [0.15, 0.2) is 0 Å². The molecule has 0 aliphatic heterocycles. The SMILES string of the molecule is CC(C)N(CCOCCOCC(=O)[O-])c1cnc(-c2ccccc2)c(-c2ccccc2)n1.[Na+]. The number of nitrogens with zero attached hydrogens (tertiary/aromatic N) is 3. The van der Waals surface area contributed by atoms with Crippen molar-refractivity contribution in [3.8, 4) is 22.5 Å². The molecule has 8 heteroatoms. The van der Waals surface area contributed by atoms with Gasteiger partial charge in [-0.25, -0.2) is 4.98 Å². The van der Waals surface area contributed by atoms with Gasteiger partial charge in [0.2, 0.25) is 0 Å². The van der Waals surface area contributed by atoms with E-state index in [0.717, 1.165) is 28.3 Å². The maximum absolute atomic E-state index is 10.4. The number of carbonyl (C=O) groups excluding carboxylic acids is 1. The Labute approximate surface area is 217 Å². The third kappa shape index (κ3) is 8.21. The van der Waals surface area contributed by atoms with Gasteiger partial charge < -0.3 is 24.3 Å². The smallest absolute Gasteiger partial charge is 0.548 e. The average Bonchev–Trinajstić information content (AvgIpc) is 2.81. The number of carboxylic acids is 1. The normalized spacial score (nSPS) is 10.6. The summed E-state index contributed by atoms with van der Waals surface area (Å²) in [6.07, 6.45) is 1.80. The minimum Gasteiger partial charge on any atom is -0.548 e. The number of rotatable bonds is 12. The summed E-state index contributed by atoms with van der Waals surface area (Å²) in [5.41, 5.74) is 3.69. The molecule has 0 radical (unpaired) electrons. The molecule has 3 rings (SSSR count). The van der Waals surface area contributed by atoms with E-state index in [1.54, 1.807) is 6.20 Å². The molecule has 0 aliphatic carbocycles. The summed E-state index contributed by atoms with van der Waals surface area (Å²) < 4.78 is 10.5. The molecule has 0 saturated heterocycles. The van der Waals surface area contributed by atoms with Gasteiger partial charge in [0.05, 0.1) is 50.0 Å². The van der Waals surface area contributed by atoms with Crippen LogP contribution in [-0.4, -0.2) is 55.0 Å². The van der Waals surface area contributed by atoms with Crippen molar-refractivity contribution in [2.24, 2.45) is 0 Å². The van der Waals surface area contributed by atoms with E-state index >= 15 is 0 Å². The first-order valence-corrected chi connectivity index (χ1v) is 10.7. The van der Waals surface area contributed by atoms with Gasteiger partial charge in [0, 0.05) is 23.7 Å². The van der Waals surface area contributed by atoms with Crippen molar-refractivity contribution in [2.75, 3.05) is 37.9 Å². The number of hydrogen-bond donors (Lipinski definition) is 0. The van der Waals surface area contributed by atoms with E-state index in [1.165, 1.54) is 0 Å². The van der Waals surface area contributed by atoms with Crippen molar-refractivity contribution < 1.29 is 48.9 Å². The predicted octanol–water partition coefficient (Wildman–Crippen LogP) is -0.187. The Hall–Kier alpha value is -2.29. The van der Waals surface area contributed by atoms with E-state index in [4.69, 9.17) is 19.4 Å². The summed E-state index contributed by atoms with van der Waals surface area (Å²) in [4.78, 5) is 22.3. The minimum absolute atomic E-state index is 0. The molecule has 0 bridgehead atoms. The summed E-state index contributed by atoms with van der Waals surface area (Å²) in [5, 5.41) is 10.4. The van der Waals surface area contributed by atoms with Gasteiger partial charge >= 0.3 is 29.6 Å². The number of benzene rings is 2. The molecule has 168 valence electrons. The molecule has 7 nitrogen and oxygen atoms in total. The maximum Gasteiger partial charge on any atom is 1.00 e. The average molecular weight is 458 g/mol. The molecule has 3 aromatic rings. The fraction of sp³-hybridized carbons (Fsp3) is 0.320. The van der Waals surface area contributed by atoms with Crippen LogP contribution in [0.1, 0.15) is 13.8 Å². The van der Waals surface area contributed by atoms with Crippen LogP contribution >= 0.6 is 0 Å². The number of carbonyl (C=O) groups is 1. The van der Waals surface area contributed by atoms with Crippen LogP contribution in [0, 0.1) is 0 Å². The second-order valence-corrected chi connectivity index (χ2v) is 7.48. The van der Waals surface area contributed by atoms with Crippen molar-refractivity contribution >= 4 is 11.8 Å². The number of hydrogen-bond acceptors (Lipinski definition) is 7. The first kappa shape index (κ1) is 27.0. The molecule has 1 aromatic heterocycles. The van der Waals surface area contributed by atoms with Crippen LogP contribution in [0.3, 0.4) is 0 Å². The van der Waals surface area contributed by atoms with Crippen LogP contribution in [0.4, 0.5) is 5.82 Å². The molecular weight excluding hydrogens is 429 g/mol. The molecule has 0 unspecified atom stereocenters. The number of anilines is 1. The number of carboxylic acid groups (broad SMARTS) is 1. The summed E-state index contributed by atoms with van der Waals surface area (Å²) in [5.74, 6) is -0.460. The van der Waals surface area contributed by atoms with Gasteiger partial charge in [0.25, 0.3) is 0 Å². The van der Waals surface area contributed by atoms with E-state index in [9.17, 15) is 9.90 Å². The minimum atomic E-state index is -1.23. The van der Waals surface area contributed by atoms with Crippen LogP contribution in [0.5, 0.6) is 0 Å². The molecule has 0 aliphatic rings. The Morgan fingerprint density at radius 3 is 2.06 bits per heavy atom. The monoisotopic (exact) mass is 457 g/mol. The Morgan fingerprint density at radius 1 is 0.909 bits per heavy atom. The fourth-order valence-corrected chi connectivity index (χ4v) is 3.30. The molecule has 33 heavy (non-hydrogen) atoms. The quantitative estimate of drug-likeness (QED) is 0.275. The van der Waals surface area contributed by atoms with Gasteiger partial charge in [-0.3, -0.25) is 4.98 Å². The van der Waals surface area contributed by atoms with Crippen molar-refractivity contribution in [1.29, 1.82) is 0 Å². The third-order valence-electron chi connectivity index (χ3n) is 4.84. The first-order valence-electron chi connectivity index (χ1n) is 10.7. The summed E-state index contributed by atoms with van der Waals surface area (Å²) in [7, 11) is 0. The van der Waals surface area contributed by atoms with Gasteiger partial charge in [-0.05, 0) is 13.8 Å². The molecular formula is C25H28N3NaO4. The van der Waals surface area contributed by atoms with E-state index in [2.05, 4.69) is 18.7 Å². The Morgan fingerprint density at radius 2 is 1.48 bits per heavy atom. The predicted molar refractivity (Wildman–Crippen MR) is 122 cm³/mol. The van der Waals surface area contributed by atoms with Gasteiger partial charge in [0.1, 0.15) is 5.82 Å². The molecule has 0 spiro atoms. The van der Waals surface area contributed by atoms with Crippen LogP contribution in [0.25, 0.3) is 22.5 Å². The van der Waals surface area contributed by atoms with Crippen molar-refractivity contribution in [2.45, 2.75) is 19.9 Å². The molecule has 0 saturated carbocycles. The Bertz CT molecular complexity index is 987. The van der Waals surface area contributed by atoms with Crippen LogP contribution in [0.2, 0.25) is 0 Å². The summed E-state index contributed by atoms with van der Waals surface area (Å²) in [6.45, 7) is 5.36. The third-order valence-corrected chi connectivity index (χ3v) is 4.84. The largest absolute Gasteiger partial charge is 1.00 e. The maximum atomic E-state index is 10.4. The first-order chi connectivity index (χ1) is 15.6. The van der Waals surface area contributed by atoms with E-state index < -0.39 is 12.6 Å².